The third-order valence-corrected chi connectivity index (χ3v) is 3.32. The van der Waals surface area contributed by atoms with E-state index in [1.54, 1.807) is 0 Å². The fourth-order valence-electron chi connectivity index (χ4n) is 2.22. The van der Waals surface area contributed by atoms with Crippen LogP contribution < -0.4 is 16.0 Å². The number of amides is 2. The third kappa shape index (κ3) is 3.36. The molecule has 20 heavy (non-hydrogen) atoms. The summed E-state index contributed by atoms with van der Waals surface area (Å²) in [5.41, 5.74) is 1.87. The molecule has 0 bridgehead atoms. The van der Waals surface area contributed by atoms with Gasteiger partial charge in [-0.2, -0.15) is 0 Å². The fourth-order valence-corrected chi connectivity index (χ4v) is 2.22. The number of rotatable bonds is 2. The van der Waals surface area contributed by atoms with Crippen molar-refractivity contribution in [1.82, 2.24) is 10.6 Å². The number of anilines is 1. The Kier molecular flexibility index (Phi) is 4.09. The number of hydrogen-bond acceptors (Lipinski definition) is 3. The van der Waals surface area contributed by atoms with Crippen LogP contribution in [0.1, 0.15) is 26.3 Å². The van der Waals surface area contributed by atoms with E-state index in [-0.39, 0.29) is 29.8 Å². The molecule has 0 aliphatic carbocycles. The lowest BCUT2D eigenvalue weighted by atomic mass is 9.86. The van der Waals surface area contributed by atoms with Crippen molar-refractivity contribution in [2.45, 2.75) is 32.2 Å². The highest BCUT2D eigenvalue weighted by Crippen LogP contribution is 2.29. The van der Waals surface area contributed by atoms with Gasteiger partial charge >= 0.3 is 0 Å². The Morgan fingerprint density at radius 1 is 1.30 bits per heavy atom. The van der Waals surface area contributed by atoms with Crippen molar-refractivity contribution in [2.24, 2.45) is 0 Å². The molecular weight excluding hydrogens is 254 g/mol. The number of hydrogen-bond donors (Lipinski definition) is 3. The predicted octanol–water partition coefficient (Wildman–Crippen LogP) is 1.01. The van der Waals surface area contributed by atoms with Crippen LogP contribution in [0.15, 0.2) is 24.3 Å². The van der Waals surface area contributed by atoms with Crippen LogP contribution in [0.25, 0.3) is 0 Å². The average Bonchev–Trinajstić information content (AvgIpc) is 2.38. The van der Waals surface area contributed by atoms with Crippen molar-refractivity contribution in [1.29, 1.82) is 0 Å². The summed E-state index contributed by atoms with van der Waals surface area (Å²) in [5, 5.41) is 8.55. The Morgan fingerprint density at radius 3 is 2.60 bits per heavy atom. The number of benzene rings is 1. The van der Waals surface area contributed by atoms with Crippen molar-refractivity contribution in [3.8, 4) is 0 Å². The number of carbonyl (C=O) groups excluding carboxylic acids is 2. The normalized spacial score (nSPS) is 19.4. The van der Waals surface area contributed by atoms with Crippen molar-refractivity contribution < 1.29 is 9.59 Å². The molecule has 5 heteroatoms. The maximum atomic E-state index is 12.2. The lowest BCUT2D eigenvalue weighted by Gasteiger charge is -2.26. The summed E-state index contributed by atoms with van der Waals surface area (Å²) in [4.78, 5) is 23.3. The van der Waals surface area contributed by atoms with Gasteiger partial charge in [0.05, 0.1) is 6.54 Å². The van der Waals surface area contributed by atoms with E-state index in [1.807, 2.05) is 24.3 Å². The topological polar surface area (TPSA) is 70.2 Å². The Labute approximate surface area is 119 Å². The molecule has 1 heterocycles. The molecule has 2 amide bonds. The quantitative estimate of drug-likeness (QED) is 0.754. The SMILES string of the molecule is CC(C)(C)c1ccccc1NC(=O)C1CNC(=O)CN1. The Hall–Kier alpha value is -1.88. The second kappa shape index (κ2) is 5.63. The summed E-state index contributed by atoms with van der Waals surface area (Å²) < 4.78 is 0. The van der Waals surface area contributed by atoms with Gasteiger partial charge in [0.25, 0.3) is 0 Å². The van der Waals surface area contributed by atoms with E-state index in [0.717, 1.165) is 11.3 Å². The highest BCUT2D eigenvalue weighted by atomic mass is 16.2. The van der Waals surface area contributed by atoms with E-state index in [4.69, 9.17) is 0 Å². The molecule has 1 fully saturated rings. The van der Waals surface area contributed by atoms with E-state index in [0.29, 0.717) is 6.54 Å². The van der Waals surface area contributed by atoms with E-state index in [9.17, 15) is 9.59 Å². The largest absolute Gasteiger partial charge is 0.353 e. The van der Waals surface area contributed by atoms with E-state index in [1.165, 1.54) is 0 Å². The maximum Gasteiger partial charge on any atom is 0.243 e. The van der Waals surface area contributed by atoms with Crippen LogP contribution in [0.5, 0.6) is 0 Å². The number of piperazine rings is 1. The summed E-state index contributed by atoms with van der Waals surface area (Å²) in [6.07, 6.45) is 0. The van der Waals surface area contributed by atoms with Gasteiger partial charge < -0.3 is 10.6 Å². The number of nitrogens with one attached hydrogen (secondary N) is 3. The summed E-state index contributed by atoms with van der Waals surface area (Å²) >= 11 is 0. The van der Waals surface area contributed by atoms with Crippen molar-refractivity contribution in [3.63, 3.8) is 0 Å². The van der Waals surface area contributed by atoms with E-state index >= 15 is 0 Å². The Balaban J connectivity index is 2.10. The van der Waals surface area contributed by atoms with Crippen molar-refractivity contribution in [3.05, 3.63) is 29.8 Å². The molecule has 108 valence electrons. The molecule has 0 aromatic heterocycles. The van der Waals surface area contributed by atoms with Gasteiger partial charge in [-0.1, -0.05) is 39.0 Å². The van der Waals surface area contributed by atoms with Crippen molar-refractivity contribution in [2.75, 3.05) is 18.4 Å². The van der Waals surface area contributed by atoms with E-state index in [2.05, 4.69) is 36.7 Å². The highest BCUT2D eigenvalue weighted by Gasteiger charge is 2.25. The predicted molar refractivity (Wildman–Crippen MR) is 78.6 cm³/mol. The first-order valence-corrected chi connectivity index (χ1v) is 6.78. The van der Waals surface area contributed by atoms with Gasteiger partial charge in [0, 0.05) is 12.2 Å². The lowest BCUT2D eigenvalue weighted by Crippen LogP contribution is -2.56. The molecule has 1 saturated heterocycles. The summed E-state index contributed by atoms with van der Waals surface area (Å²) in [7, 11) is 0. The minimum atomic E-state index is -0.388. The van der Waals surface area contributed by atoms with Crippen LogP contribution in [-0.2, 0) is 15.0 Å². The van der Waals surface area contributed by atoms with Crippen LogP contribution in [0, 0.1) is 0 Å². The first kappa shape index (κ1) is 14.5. The van der Waals surface area contributed by atoms with Gasteiger partial charge in [0.1, 0.15) is 6.04 Å². The van der Waals surface area contributed by atoms with Crippen LogP contribution >= 0.6 is 0 Å². The fraction of sp³-hybridized carbons (Fsp3) is 0.467. The summed E-state index contributed by atoms with van der Waals surface area (Å²) in [6, 6.07) is 7.41. The van der Waals surface area contributed by atoms with Crippen LogP contribution in [0.4, 0.5) is 5.69 Å². The van der Waals surface area contributed by atoms with Crippen LogP contribution in [0.2, 0.25) is 0 Å². The molecule has 1 aliphatic heterocycles. The summed E-state index contributed by atoms with van der Waals surface area (Å²) in [6.45, 7) is 6.83. The number of para-hydroxylation sites is 1. The lowest BCUT2D eigenvalue weighted by molar-refractivity contribution is -0.124. The molecule has 1 unspecified atom stereocenters. The molecule has 0 saturated carbocycles. The zero-order valence-corrected chi connectivity index (χ0v) is 12.1. The molecule has 0 spiro atoms. The molecule has 1 aromatic rings. The Morgan fingerprint density at radius 2 is 2.00 bits per heavy atom. The molecular formula is C15H21N3O2. The highest BCUT2D eigenvalue weighted by molar-refractivity contribution is 5.97. The van der Waals surface area contributed by atoms with Gasteiger partial charge in [0.2, 0.25) is 11.8 Å². The number of carbonyl (C=O) groups is 2. The van der Waals surface area contributed by atoms with Crippen LogP contribution in [0.3, 0.4) is 0 Å². The molecule has 2 rings (SSSR count). The second-order valence-electron chi connectivity index (χ2n) is 6.02. The molecule has 5 nitrogen and oxygen atoms in total. The minimum absolute atomic E-state index is 0.0436. The molecule has 3 N–H and O–H groups in total. The van der Waals surface area contributed by atoms with Gasteiger partial charge in [-0.15, -0.1) is 0 Å². The Bertz CT molecular complexity index is 510. The zero-order valence-electron chi connectivity index (χ0n) is 12.1. The minimum Gasteiger partial charge on any atom is -0.353 e. The van der Waals surface area contributed by atoms with Gasteiger partial charge in [-0.25, -0.2) is 0 Å². The molecule has 1 atom stereocenters. The maximum absolute atomic E-state index is 12.2. The van der Waals surface area contributed by atoms with Gasteiger partial charge in [-0.05, 0) is 17.0 Å². The third-order valence-electron chi connectivity index (χ3n) is 3.32. The summed E-state index contributed by atoms with van der Waals surface area (Å²) in [5.74, 6) is -0.203. The standard InChI is InChI=1S/C15H21N3O2/c1-15(2,3)10-6-4-5-7-11(10)18-14(20)12-8-17-13(19)9-16-12/h4-7,12,16H,8-9H2,1-3H3,(H,17,19)(H,18,20). The first-order valence-electron chi connectivity index (χ1n) is 6.78. The molecule has 1 aromatic carbocycles. The second-order valence-corrected chi connectivity index (χ2v) is 6.02. The van der Waals surface area contributed by atoms with E-state index < -0.39 is 0 Å². The van der Waals surface area contributed by atoms with Crippen molar-refractivity contribution >= 4 is 17.5 Å². The van der Waals surface area contributed by atoms with Gasteiger partial charge in [-0.3, -0.25) is 14.9 Å². The first-order chi connectivity index (χ1) is 9.38. The smallest absolute Gasteiger partial charge is 0.243 e. The monoisotopic (exact) mass is 275 g/mol. The van der Waals surface area contributed by atoms with Crippen LogP contribution in [-0.4, -0.2) is 30.9 Å². The zero-order chi connectivity index (χ0) is 14.8. The average molecular weight is 275 g/mol. The molecule has 1 aliphatic rings. The van der Waals surface area contributed by atoms with Gasteiger partial charge in [0.15, 0.2) is 0 Å². The molecule has 0 radical (unpaired) electrons.